The fourth-order valence-electron chi connectivity index (χ4n) is 2.70. The first-order valence-corrected chi connectivity index (χ1v) is 9.14. The van der Waals surface area contributed by atoms with Gasteiger partial charge in [-0.25, -0.2) is 0 Å². The van der Waals surface area contributed by atoms with E-state index in [2.05, 4.69) is 10.9 Å². The van der Waals surface area contributed by atoms with Gasteiger partial charge in [-0.3, -0.25) is 20.4 Å². The zero-order chi connectivity index (χ0) is 19.8. The lowest BCUT2D eigenvalue weighted by molar-refractivity contribution is -0.128. The predicted octanol–water partition coefficient (Wildman–Crippen LogP) is 3.97. The Labute approximate surface area is 164 Å². The Kier molecular flexibility index (Phi) is 6.41. The second-order valence-corrected chi connectivity index (χ2v) is 6.21. The fourth-order valence-corrected chi connectivity index (χ4v) is 2.70. The van der Waals surface area contributed by atoms with Crippen molar-refractivity contribution in [1.29, 1.82) is 0 Å². The first-order valence-electron chi connectivity index (χ1n) is 9.14. The molecule has 5 nitrogen and oxygen atoms in total. The molecule has 1 atom stereocenters. The van der Waals surface area contributed by atoms with Crippen molar-refractivity contribution in [3.05, 3.63) is 90.5 Å². The third-order valence-corrected chi connectivity index (χ3v) is 4.24. The van der Waals surface area contributed by atoms with Gasteiger partial charge < -0.3 is 4.74 Å². The summed E-state index contributed by atoms with van der Waals surface area (Å²) in [5.74, 6) is -0.185. The zero-order valence-electron chi connectivity index (χ0n) is 15.6. The van der Waals surface area contributed by atoms with E-state index in [9.17, 15) is 9.59 Å². The smallest absolute Gasteiger partial charge is 0.279 e. The van der Waals surface area contributed by atoms with Crippen LogP contribution in [0.5, 0.6) is 5.75 Å². The second-order valence-electron chi connectivity index (χ2n) is 6.21. The number of carbonyl (C=O) groups excluding carboxylic acids is 2. The molecule has 0 saturated carbocycles. The Hall–Kier alpha value is -3.60. The summed E-state index contributed by atoms with van der Waals surface area (Å²) in [5, 5.41) is 0. The number of nitrogens with one attached hydrogen (secondary N) is 2. The summed E-state index contributed by atoms with van der Waals surface area (Å²) in [5.41, 5.74) is 7.42. The minimum atomic E-state index is -0.692. The maximum atomic E-state index is 12.3. The number of hydrazine groups is 1. The normalized spacial score (nSPS) is 11.3. The van der Waals surface area contributed by atoms with E-state index in [1.165, 1.54) is 0 Å². The molecule has 3 rings (SSSR count). The topological polar surface area (TPSA) is 67.4 Å². The van der Waals surface area contributed by atoms with Crippen LogP contribution < -0.4 is 15.6 Å². The molecule has 28 heavy (non-hydrogen) atoms. The molecule has 0 aliphatic rings. The van der Waals surface area contributed by atoms with Gasteiger partial charge in [0.25, 0.3) is 11.8 Å². The number of hydrogen-bond acceptors (Lipinski definition) is 3. The van der Waals surface area contributed by atoms with E-state index in [1.54, 1.807) is 24.3 Å². The highest BCUT2D eigenvalue weighted by atomic mass is 16.5. The standard InChI is InChI=1S/C23H22N2O3/c1-2-21(28-20-11-7-4-8-12-20)23(27)25-24-22(26)19-15-13-18(14-16-19)17-9-5-3-6-10-17/h3-16,21H,2H2,1H3,(H,24,26)(H,25,27). The van der Waals surface area contributed by atoms with Crippen LogP contribution in [0.25, 0.3) is 11.1 Å². The van der Waals surface area contributed by atoms with Crippen molar-refractivity contribution >= 4 is 11.8 Å². The van der Waals surface area contributed by atoms with Crippen molar-refractivity contribution in [2.45, 2.75) is 19.4 Å². The van der Waals surface area contributed by atoms with Gasteiger partial charge in [-0.15, -0.1) is 0 Å². The zero-order valence-corrected chi connectivity index (χ0v) is 15.6. The quantitative estimate of drug-likeness (QED) is 0.642. The van der Waals surface area contributed by atoms with Crippen LogP contribution in [-0.4, -0.2) is 17.9 Å². The van der Waals surface area contributed by atoms with E-state index in [-0.39, 0.29) is 5.91 Å². The van der Waals surface area contributed by atoms with Crippen LogP contribution in [-0.2, 0) is 4.79 Å². The van der Waals surface area contributed by atoms with Crippen molar-refractivity contribution in [2.75, 3.05) is 0 Å². The van der Waals surface area contributed by atoms with E-state index in [1.807, 2.05) is 67.6 Å². The van der Waals surface area contributed by atoms with E-state index in [0.717, 1.165) is 11.1 Å². The Bertz CT molecular complexity index is 910. The maximum absolute atomic E-state index is 12.3. The molecule has 5 heteroatoms. The van der Waals surface area contributed by atoms with Crippen LogP contribution in [0.3, 0.4) is 0 Å². The molecule has 0 aliphatic carbocycles. The van der Waals surface area contributed by atoms with Gasteiger partial charge in [0.2, 0.25) is 0 Å². The molecule has 3 aromatic carbocycles. The van der Waals surface area contributed by atoms with E-state index in [4.69, 9.17) is 4.74 Å². The summed E-state index contributed by atoms with van der Waals surface area (Å²) in [4.78, 5) is 24.6. The minimum Gasteiger partial charge on any atom is -0.481 e. The number of para-hydroxylation sites is 1. The molecular formula is C23H22N2O3. The molecule has 0 radical (unpaired) electrons. The molecule has 0 bridgehead atoms. The molecule has 2 amide bonds. The fraction of sp³-hybridized carbons (Fsp3) is 0.130. The van der Waals surface area contributed by atoms with Gasteiger partial charge in [-0.1, -0.05) is 67.6 Å². The van der Waals surface area contributed by atoms with Gasteiger partial charge >= 0.3 is 0 Å². The van der Waals surface area contributed by atoms with Crippen LogP contribution >= 0.6 is 0 Å². The molecule has 0 aliphatic heterocycles. The molecule has 142 valence electrons. The Balaban J connectivity index is 1.56. The number of amides is 2. The van der Waals surface area contributed by atoms with E-state index in [0.29, 0.717) is 17.7 Å². The van der Waals surface area contributed by atoms with Gasteiger partial charge in [-0.2, -0.15) is 0 Å². The van der Waals surface area contributed by atoms with Crippen molar-refractivity contribution in [3.8, 4) is 16.9 Å². The largest absolute Gasteiger partial charge is 0.481 e. The van der Waals surface area contributed by atoms with Crippen LogP contribution in [0.1, 0.15) is 23.7 Å². The molecule has 1 unspecified atom stereocenters. The summed E-state index contributed by atoms with van der Waals surface area (Å²) in [6.45, 7) is 1.84. The van der Waals surface area contributed by atoms with Crippen LogP contribution in [0.15, 0.2) is 84.9 Å². The Morgan fingerprint density at radius 2 is 1.36 bits per heavy atom. The first kappa shape index (κ1) is 19.2. The molecule has 3 aromatic rings. The summed E-state index contributed by atoms with van der Waals surface area (Å²) in [7, 11) is 0. The highest BCUT2D eigenvalue weighted by Gasteiger charge is 2.19. The predicted molar refractivity (Wildman–Crippen MR) is 109 cm³/mol. The summed E-state index contributed by atoms with van der Waals surface area (Å²) in [6.07, 6.45) is -0.217. The number of benzene rings is 3. The third kappa shape index (κ3) is 4.98. The highest BCUT2D eigenvalue weighted by molar-refractivity contribution is 5.96. The molecule has 0 fully saturated rings. The van der Waals surface area contributed by atoms with Crippen LogP contribution in [0, 0.1) is 0 Å². The first-order chi connectivity index (χ1) is 13.7. The second kappa shape index (κ2) is 9.37. The van der Waals surface area contributed by atoms with Crippen molar-refractivity contribution < 1.29 is 14.3 Å². The average molecular weight is 374 g/mol. The lowest BCUT2D eigenvalue weighted by atomic mass is 10.0. The monoisotopic (exact) mass is 374 g/mol. The average Bonchev–Trinajstić information content (AvgIpc) is 2.77. The molecule has 0 aromatic heterocycles. The number of carbonyl (C=O) groups is 2. The molecular weight excluding hydrogens is 352 g/mol. The highest BCUT2D eigenvalue weighted by Crippen LogP contribution is 2.19. The maximum Gasteiger partial charge on any atom is 0.279 e. The van der Waals surface area contributed by atoms with E-state index < -0.39 is 12.0 Å². The van der Waals surface area contributed by atoms with Gasteiger partial charge in [-0.05, 0) is 41.8 Å². The molecule has 0 heterocycles. The molecule has 0 spiro atoms. The minimum absolute atomic E-state index is 0.387. The van der Waals surface area contributed by atoms with E-state index >= 15 is 0 Å². The van der Waals surface area contributed by atoms with Gasteiger partial charge in [0.1, 0.15) is 5.75 Å². The number of ether oxygens (including phenoxy) is 1. The molecule has 0 saturated heterocycles. The van der Waals surface area contributed by atoms with Gasteiger partial charge in [0.05, 0.1) is 0 Å². The lowest BCUT2D eigenvalue weighted by Gasteiger charge is -2.17. The van der Waals surface area contributed by atoms with Crippen LogP contribution in [0.2, 0.25) is 0 Å². The number of hydrogen-bond donors (Lipinski definition) is 2. The van der Waals surface area contributed by atoms with Crippen molar-refractivity contribution in [1.82, 2.24) is 10.9 Å². The van der Waals surface area contributed by atoms with Gasteiger partial charge in [0.15, 0.2) is 6.10 Å². The lowest BCUT2D eigenvalue weighted by Crippen LogP contribution is -2.47. The van der Waals surface area contributed by atoms with Crippen molar-refractivity contribution in [2.24, 2.45) is 0 Å². The summed E-state index contributed by atoms with van der Waals surface area (Å²) < 4.78 is 5.66. The summed E-state index contributed by atoms with van der Waals surface area (Å²) in [6, 6.07) is 26.2. The number of rotatable bonds is 6. The Morgan fingerprint density at radius 1 is 0.786 bits per heavy atom. The van der Waals surface area contributed by atoms with Crippen molar-refractivity contribution in [3.63, 3.8) is 0 Å². The van der Waals surface area contributed by atoms with Crippen LogP contribution in [0.4, 0.5) is 0 Å². The Morgan fingerprint density at radius 3 is 1.96 bits per heavy atom. The molecule has 2 N–H and O–H groups in total. The van der Waals surface area contributed by atoms with Gasteiger partial charge in [0, 0.05) is 5.56 Å². The SMILES string of the molecule is CCC(Oc1ccccc1)C(=O)NNC(=O)c1ccc(-c2ccccc2)cc1. The summed E-state index contributed by atoms with van der Waals surface area (Å²) >= 11 is 0. The third-order valence-electron chi connectivity index (χ3n) is 4.24.